The predicted octanol–water partition coefficient (Wildman–Crippen LogP) is 0.952. The highest BCUT2D eigenvalue weighted by Gasteiger charge is 2.56. The molecular weight excluding hydrogens is 744 g/mol. The van der Waals surface area contributed by atoms with Gasteiger partial charge in [-0.15, -0.1) is 0 Å². The van der Waals surface area contributed by atoms with Crippen LogP contribution in [0.15, 0.2) is 60.7 Å². The molecule has 2 aromatic rings. The standard InChI is InChI=1S/C38H46O18/c1-17-25(42)29(55-38-33(52-22(6)41)31(51-21(5)40)27(19(3)49-38)50-20(4)39)26(43)37(48-17)56-30-28(53-34(44)23-13-9-7-10-14-23)18(2)47-36(46)32(30)54-35(45)24-15-11-8-12-16-24/h7-19,25-33,36-38,42-43,46H,1-6H3/t17-,18-,19-,25-,26+,27-,28-,29+,30+,31+,32+,33+,36+,37-,38-/m0/s1. The SMILES string of the molecule is CC(=O)O[C@@H]1[C@@H](OC(C)=O)[C@H](C)O[C@@H](O[C@@H]2[C@@H](O)[C@H](C)O[C@@H](O[C@@H]3[C@@H](OC(=O)c4ccccc4)[C@H](C)O[C@@H](O)[C@@H]3OC(=O)c3ccccc3)[C@@H]2O)[C@@H]1OC(C)=O. The molecule has 0 aromatic heterocycles. The number of hydrogen-bond donors (Lipinski definition) is 3. The Kier molecular flexibility index (Phi) is 14.2. The van der Waals surface area contributed by atoms with Crippen molar-refractivity contribution in [3.05, 3.63) is 71.8 Å². The molecule has 15 atom stereocenters. The summed E-state index contributed by atoms with van der Waals surface area (Å²) >= 11 is 0. The Hall–Kier alpha value is -4.53. The minimum atomic E-state index is -1.91. The Labute approximate surface area is 321 Å². The monoisotopic (exact) mass is 790 g/mol. The average Bonchev–Trinajstić information content (AvgIpc) is 3.15. The van der Waals surface area contributed by atoms with E-state index in [1.165, 1.54) is 45.0 Å². The lowest BCUT2D eigenvalue weighted by Crippen LogP contribution is -2.66. The maximum atomic E-state index is 13.3. The third-order valence-electron chi connectivity index (χ3n) is 9.25. The quantitative estimate of drug-likeness (QED) is 0.212. The average molecular weight is 791 g/mol. The van der Waals surface area contributed by atoms with Gasteiger partial charge in [0.15, 0.2) is 49.4 Å². The Balaban J connectivity index is 1.46. The van der Waals surface area contributed by atoms with Crippen LogP contribution in [0.2, 0.25) is 0 Å². The zero-order valence-electron chi connectivity index (χ0n) is 31.4. The fourth-order valence-corrected chi connectivity index (χ4v) is 6.63. The summed E-state index contributed by atoms with van der Waals surface area (Å²) in [6.45, 7) is 7.65. The highest BCUT2D eigenvalue weighted by molar-refractivity contribution is 5.90. The van der Waals surface area contributed by atoms with Gasteiger partial charge in [0.25, 0.3) is 0 Å². The predicted molar refractivity (Wildman–Crippen MR) is 185 cm³/mol. The molecule has 18 heteroatoms. The highest BCUT2D eigenvalue weighted by atomic mass is 16.8. The second-order valence-electron chi connectivity index (χ2n) is 13.5. The van der Waals surface area contributed by atoms with Crippen LogP contribution in [0, 0.1) is 0 Å². The third kappa shape index (κ3) is 10.1. The molecule has 3 aliphatic heterocycles. The molecule has 56 heavy (non-hydrogen) atoms. The van der Waals surface area contributed by atoms with Crippen LogP contribution < -0.4 is 0 Å². The lowest BCUT2D eigenvalue weighted by molar-refractivity contribution is -0.373. The van der Waals surface area contributed by atoms with Gasteiger partial charge < -0.3 is 62.7 Å². The zero-order valence-corrected chi connectivity index (χ0v) is 31.4. The molecule has 0 saturated carbocycles. The summed E-state index contributed by atoms with van der Waals surface area (Å²) in [5.74, 6) is -4.13. The molecule has 3 fully saturated rings. The van der Waals surface area contributed by atoms with E-state index in [0.29, 0.717) is 0 Å². The summed E-state index contributed by atoms with van der Waals surface area (Å²) in [5, 5.41) is 34.1. The summed E-state index contributed by atoms with van der Waals surface area (Å²) in [5.41, 5.74) is 0.273. The number of aliphatic hydroxyl groups excluding tert-OH is 3. The van der Waals surface area contributed by atoms with Crippen LogP contribution in [0.3, 0.4) is 0 Å². The topological polar surface area (TPSA) is 238 Å². The Morgan fingerprint density at radius 1 is 0.464 bits per heavy atom. The van der Waals surface area contributed by atoms with E-state index < -0.39 is 122 Å². The molecule has 0 spiro atoms. The van der Waals surface area contributed by atoms with E-state index in [1.54, 1.807) is 36.4 Å². The normalized spacial score (nSPS) is 35.7. The van der Waals surface area contributed by atoms with Crippen molar-refractivity contribution in [2.24, 2.45) is 0 Å². The number of benzene rings is 2. The summed E-state index contributed by atoms with van der Waals surface area (Å²) in [7, 11) is 0. The van der Waals surface area contributed by atoms with Gasteiger partial charge in [-0.05, 0) is 45.0 Å². The fraction of sp³-hybridized carbons (Fsp3) is 0.553. The lowest BCUT2D eigenvalue weighted by atomic mass is 9.96. The summed E-state index contributed by atoms with van der Waals surface area (Å²) in [6.07, 6.45) is -22.6. The molecule has 3 aliphatic rings. The van der Waals surface area contributed by atoms with Gasteiger partial charge >= 0.3 is 29.8 Å². The van der Waals surface area contributed by atoms with E-state index in [2.05, 4.69) is 0 Å². The van der Waals surface area contributed by atoms with Gasteiger partial charge in [0.05, 0.1) is 29.4 Å². The molecule has 2 aromatic carbocycles. The molecule has 3 saturated heterocycles. The van der Waals surface area contributed by atoms with E-state index in [-0.39, 0.29) is 11.1 Å². The van der Waals surface area contributed by atoms with Crippen LogP contribution in [0.25, 0.3) is 0 Å². The number of esters is 5. The van der Waals surface area contributed by atoms with E-state index in [9.17, 15) is 39.3 Å². The highest BCUT2D eigenvalue weighted by Crippen LogP contribution is 2.36. The first-order valence-corrected chi connectivity index (χ1v) is 17.9. The van der Waals surface area contributed by atoms with E-state index in [0.717, 1.165) is 20.8 Å². The van der Waals surface area contributed by atoms with Gasteiger partial charge in [-0.1, -0.05) is 36.4 Å². The minimum Gasteiger partial charge on any atom is -0.456 e. The van der Waals surface area contributed by atoms with E-state index in [4.69, 9.17) is 47.4 Å². The second kappa shape index (κ2) is 18.6. The van der Waals surface area contributed by atoms with Crippen molar-refractivity contribution < 1.29 is 86.7 Å². The number of carbonyl (C=O) groups excluding carboxylic acids is 5. The van der Waals surface area contributed by atoms with Crippen LogP contribution in [0.4, 0.5) is 0 Å². The molecule has 18 nitrogen and oxygen atoms in total. The number of carbonyl (C=O) groups is 5. The molecule has 3 N–H and O–H groups in total. The van der Waals surface area contributed by atoms with Crippen molar-refractivity contribution in [2.45, 2.75) is 134 Å². The summed E-state index contributed by atoms with van der Waals surface area (Å²) in [4.78, 5) is 63.0. The summed E-state index contributed by atoms with van der Waals surface area (Å²) < 4.78 is 57.6. The molecular formula is C38H46O18. The fourth-order valence-electron chi connectivity index (χ4n) is 6.63. The maximum absolute atomic E-state index is 13.3. The van der Waals surface area contributed by atoms with Gasteiger partial charge in [0.1, 0.15) is 24.4 Å². The minimum absolute atomic E-state index is 0.112. The van der Waals surface area contributed by atoms with Gasteiger partial charge in [-0.25, -0.2) is 9.59 Å². The van der Waals surface area contributed by atoms with Crippen molar-refractivity contribution in [1.82, 2.24) is 0 Å². The molecule has 0 bridgehead atoms. The number of aliphatic hydroxyl groups is 3. The van der Waals surface area contributed by atoms with Gasteiger partial charge in [-0.2, -0.15) is 0 Å². The van der Waals surface area contributed by atoms with Crippen molar-refractivity contribution in [3.63, 3.8) is 0 Å². The Morgan fingerprint density at radius 2 is 0.893 bits per heavy atom. The summed E-state index contributed by atoms with van der Waals surface area (Å²) in [6, 6.07) is 15.8. The first-order chi connectivity index (χ1) is 26.5. The van der Waals surface area contributed by atoms with Gasteiger partial charge in [0.2, 0.25) is 0 Å². The molecule has 0 amide bonds. The van der Waals surface area contributed by atoms with Gasteiger partial charge in [-0.3, -0.25) is 14.4 Å². The van der Waals surface area contributed by atoms with Crippen LogP contribution in [-0.4, -0.2) is 137 Å². The van der Waals surface area contributed by atoms with Crippen molar-refractivity contribution in [3.8, 4) is 0 Å². The maximum Gasteiger partial charge on any atom is 0.338 e. The van der Waals surface area contributed by atoms with Gasteiger partial charge in [0, 0.05) is 20.8 Å². The smallest absolute Gasteiger partial charge is 0.338 e. The van der Waals surface area contributed by atoms with E-state index in [1.807, 2.05) is 0 Å². The van der Waals surface area contributed by atoms with Crippen LogP contribution in [-0.2, 0) is 61.8 Å². The molecule has 306 valence electrons. The lowest BCUT2D eigenvalue weighted by Gasteiger charge is -2.48. The van der Waals surface area contributed by atoms with Crippen LogP contribution >= 0.6 is 0 Å². The molecule has 3 heterocycles. The third-order valence-corrected chi connectivity index (χ3v) is 9.25. The second-order valence-corrected chi connectivity index (χ2v) is 13.5. The van der Waals surface area contributed by atoms with E-state index >= 15 is 0 Å². The van der Waals surface area contributed by atoms with Crippen molar-refractivity contribution in [2.75, 3.05) is 0 Å². The first-order valence-electron chi connectivity index (χ1n) is 17.9. The Morgan fingerprint density at radius 3 is 1.43 bits per heavy atom. The molecule has 0 aliphatic carbocycles. The first kappa shape index (κ1) is 42.6. The Bertz CT molecular complexity index is 1610. The largest absolute Gasteiger partial charge is 0.456 e. The molecule has 5 rings (SSSR count). The van der Waals surface area contributed by atoms with Crippen molar-refractivity contribution >= 4 is 29.8 Å². The number of rotatable bonds is 11. The van der Waals surface area contributed by atoms with Crippen LogP contribution in [0.5, 0.6) is 0 Å². The number of hydrogen-bond acceptors (Lipinski definition) is 18. The zero-order chi connectivity index (χ0) is 40.8. The molecule has 0 radical (unpaired) electrons. The molecule has 0 unspecified atom stereocenters. The van der Waals surface area contributed by atoms with Crippen molar-refractivity contribution in [1.29, 1.82) is 0 Å². The van der Waals surface area contributed by atoms with Crippen LogP contribution in [0.1, 0.15) is 62.3 Å². The number of ether oxygens (including phenoxy) is 10.